The van der Waals surface area contributed by atoms with Gasteiger partial charge in [-0.25, -0.2) is 4.63 Å². The molecule has 2 aromatic rings. The highest BCUT2D eigenvalue weighted by atomic mass is 16.6. The first kappa shape index (κ1) is 12.9. The minimum Gasteiger partial charge on any atom is -0.496 e. The molecule has 1 atom stereocenters. The fraction of sp³-hybridized carbons (Fsp3) is 0.250. The quantitative estimate of drug-likeness (QED) is 0.856. The first-order chi connectivity index (χ1) is 9.13. The number of rotatable bonds is 4. The molecule has 0 spiro atoms. The van der Waals surface area contributed by atoms with Crippen LogP contribution in [0.25, 0.3) is 0 Å². The van der Waals surface area contributed by atoms with Crippen molar-refractivity contribution in [2.45, 2.75) is 13.0 Å². The summed E-state index contributed by atoms with van der Waals surface area (Å²) < 4.78 is 9.63. The number of amides is 1. The molecular weight excluding hydrogens is 248 g/mol. The minimum atomic E-state index is -0.447. The van der Waals surface area contributed by atoms with Gasteiger partial charge >= 0.3 is 0 Å². The molecule has 2 rings (SSSR count). The monoisotopic (exact) mass is 262 g/mol. The zero-order valence-electron chi connectivity index (χ0n) is 10.6. The zero-order valence-corrected chi connectivity index (χ0v) is 10.6. The Hall–Kier alpha value is -2.57. The van der Waals surface area contributed by atoms with E-state index in [4.69, 9.17) is 10.5 Å². The molecule has 1 amide bonds. The third kappa shape index (κ3) is 2.65. The molecule has 0 unspecified atom stereocenters. The number of anilines is 1. The zero-order chi connectivity index (χ0) is 13.8. The van der Waals surface area contributed by atoms with Crippen molar-refractivity contribution in [3.8, 4) is 5.75 Å². The molecule has 1 aromatic carbocycles. The number of methoxy groups -OCH3 is 1. The number of hydrogen-bond acceptors (Lipinski definition) is 6. The molecule has 0 bridgehead atoms. The molecule has 7 heteroatoms. The summed E-state index contributed by atoms with van der Waals surface area (Å²) in [5, 5.41) is 9.56. The SMILES string of the molecule is COc1ccccc1[C@H](C)NC(=O)c1nonc1N. The Kier molecular flexibility index (Phi) is 3.65. The molecule has 0 radical (unpaired) electrons. The van der Waals surface area contributed by atoms with Gasteiger partial charge in [0.2, 0.25) is 11.5 Å². The number of carbonyl (C=O) groups is 1. The van der Waals surface area contributed by atoms with Gasteiger partial charge in [-0.05, 0) is 23.3 Å². The largest absolute Gasteiger partial charge is 0.496 e. The van der Waals surface area contributed by atoms with Crippen molar-refractivity contribution in [2.24, 2.45) is 0 Å². The van der Waals surface area contributed by atoms with E-state index in [0.29, 0.717) is 5.75 Å². The van der Waals surface area contributed by atoms with E-state index in [1.165, 1.54) is 0 Å². The fourth-order valence-corrected chi connectivity index (χ4v) is 1.72. The molecule has 0 saturated carbocycles. The molecule has 100 valence electrons. The van der Waals surface area contributed by atoms with Gasteiger partial charge in [0.25, 0.3) is 5.91 Å². The number of ether oxygens (including phenoxy) is 1. The van der Waals surface area contributed by atoms with E-state index >= 15 is 0 Å². The van der Waals surface area contributed by atoms with Crippen molar-refractivity contribution >= 4 is 11.7 Å². The van der Waals surface area contributed by atoms with Crippen LogP contribution in [0.15, 0.2) is 28.9 Å². The number of aromatic nitrogens is 2. The average molecular weight is 262 g/mol. The maximum Gasteiger partial charge on any atom is 0.277 e. The highest BCUT2D eigenvalue weighted by Gasteiger charge is 2.19. The second-order valence-corrected chi connectivity index (χ2v) is 3.94. The van der Waals surface area contributed by atoms with Gasteiger partial charge in [-0.2, -0.15) is 0 Å². The third-order valence-corrected chi connectivity index (χ3v) is 2.68. The Morgan fingerprint density at radius 1 is 1.42 bits per heavy atom. The second-order valence-electron chi connectivity index (χ2n) is 3.94. The van der Waals surface area contributed by atoms with Crippen LogP contribution in [0, 0.1) is 0 Å². The fourth-order valence-electron chi connectivity index (χ4n) is 1.72. The summed E-state index contributed by atoms with van der Waals surface area (Å²) in [6, 6.07) is 7.15. The minimum absolute atomic E-state index is 0.0262. The van der Waals surface area contributed by atoms with E-state index in [-0.39, 0.29) is 17.6 Å². The van der Waals surface area contributed by atoms with E-state index < -0.39 is 5.91 Å². The Bertz CT molecular complexity index is 582. The summed E-state index contributed by atoms with van der Waals surface area (Å²) in [5.41, 5.74) is 6.29. The van der Waals surface area contributed by atoms with Gasteiger partial charge in [0.05, 0.1) is 13.2 Å². The van der Waals surface area contributed by atoms with Gasteiger partial charge in [-0.3, -0.25) is 4.79 Å². The number of nitrogens with zero attached hydrogens (tertiary/aromatic N) is 2. The van der Waals surface area contributed by atoms with Crippen LogP contribution >= 0.6 is 0 Å². The van der Waals surface area contributed by atoms with E-state index in [1.807, 2.05) is 31.2 Å². The highest BCUT2D eigenvalue weighted by Crippen LogP contribution is 2.24. The Balaban J connectivity index is 2.15. The number of nitrogen functional groups attached to an aromatic ring is 1. The normalized spacial score (nSPS) is 11.9. The summed E-state index contributed by atoms with van der Waals surface area (Å²) in [5.74, 6) is 0.212. The van der Waals surface area contributed by atoms with Gasteiger partial charge in [0.15, 0.2) is 0 Å². The lowest BCUT2D eigenvalue weighted by Gasteiger charge is -2.16. The summed E-state index contributed by atoms with van der Waals surface area (Å²) in [6.07, 6.45) is 0. The van der Waals surface area contributed by atoms with Crippen molar-refractivity contribution in [1.82, 2.24) is 15.6 Å². The van der Waals surface area contributed by atoms with Crippen LogP contribution in [-0.4, -0.2) is 23.3 Å². The van der Waals surface area contributed by atoms with Crippen molar-refractivity contribution in [1.29, 1.82) is 0 Å². The summed E-state index contributed by atoms with van der Waals surface area (Å²) in [6.45, 7) is 1.83. The van der Waals surface area contributed by atoms with Gasteiger partial charge in [-0.1, -0.05) is 18.2 Å². The number of carbonyl (C=O) groups excluding carboxylic acids is 1. The predicted octanol–water partition coefficient (Wildman–Crippen LogP) is 1.15. The summed E-state index contributed by atoms with van der Waals surface area (Å²) in [7, 11) is 1.58. The topological polar surface area (TPSA) is 103 Å². The Labute approximate surface area is 109 Å². The van der Waals surface area contributed by atoms with E-state index in [1.54, 1.807) is 7.11 Å². The second kappa shape index (κ2) is 5.38. The lowest BCUT2D eigenvalue weighted by atomic mass is 10.1. The van der Waals surface area contributed by atoms with Gasteiger partial charge in [-0.15, -0.1) is 0 Å². The van der Waals surface area contributed by atoms with Gasteiger partial charge in [0, 0.05) is 5.56 Å². The van der Waals surface area contributed by atoms with Crippen molar-refractivity contribution in [3.05, 3.63) is 35.5 Å². The number of nitrogens with one attached hydrogen (secondary N) is 1. The number of para-hydroxylation sites is 1. The maximum absolute atomic E-state index is 11.9. The molecule has 0 aliphatic heterocycles. The van der Waals surface area contributed by atoms with Crippen LogP contribution in [-0.2, 0) is 0 Å². The number of nitrogens with two attached hydrogens (primary N) is 1. The molecule has 0 aliphatic rings. The molecule has 1 aromatic heterocycles. The van der Waals surface area contributed by atoms with Crippen LogP contribution < -0.4 is 15.8 Å². The molecule has 0 saturated heterocycles. The maximum atomic E-state index is 11.9. The van der Waals surface area contributed by atoms with E-state index in [9.17, 15) is 4.79 Å². The van der Waals surface area contributed by atoms with E-state index in [0.717, 1.165) is 5.56 Å². The molecule has 7 nitrogen and oxygen atoms in total. The molecule has 0 aliphatic carbocycles. The first-order valence-electron chi connectivity index (χ1n) is 5.65. The lowest BCUT2D eigenvalue weighted by Crippen LogP contribution is -2.27. The smallest absolute Gasteiger partial charge is 0.277 e. The van der Waals surface area contributed by atoms with Crippen molar-refractivity contribution < 1.29 is 14.2 Å². The Morgan fingerprint density at radius 2 is 2.16 bits per heavy atom. The first-order valence-corrected chi connectivity index (χ1v) is 5.65. The number of hydrogen-bond donors (Lipinski definition) is 2. The summed E-state index contributed by atoms with van der Waals surface area (Å²) >= 11 is 0. The van der Waals surface area contributed by atoms with Crippen LogP contribution in [0.5, 0.6) is 5.75 Å². The van der Waals surface area contributed by atoms with Crippen LogP contribution in [0.1, 0.15) is 29.0 Å². The third-order valence-electron chi connectivity index (χ3n) is 2.68. The van der Waals surface area contributed by atoms with Gasteiger partial charge in [0.1, 0.15) is 5.75 Å². The molecule has 3 N–H and O–H groups in total. The van der Waals surface area contributed by atoms with Crippen molar-refractivity contribution in [2.75, 3.05) is 12.8 Å². The number of benzene rings is 1. The van der Waals surface area contributed by atoms with Crippen LogP contribution in [0.2, 0.25) is 0 Å². The van der Waals surface area contributed by atoms with E-state index in [2.05, 4.69) is 20.3 Å². The average Bonchev–Trinajstić information content (AvgIpc) is 2.85. The molecular formula is C12H14N4O3. The predicted molar refractivity (Wildman–Crippen MR) is 67.6 cm³/mol. The van der Waals surface area contributed by atoms with Crippen molar-refractivity contribution in [3.63, 3.8) is 0 Å². The van der Waals surface area contributed by atoms with Gasteiger partial charge < -0.3 is 15.8 Å². The molecule has 1 heterocycles. The Morgan fingerprint density at radius 3 is 2.79 bits per heavy atom. The highest BCUT2D eigenvalue weighted by molar-refractivity contribution is 5.96. The molecule has 19 heavy (non-hydrogen) atoms. The summed E-state index contributed by atoms with van der Waals surface area (Å²) in [4.78, 5) is 11.9. The van der Waals surface area contributed by atoms with Crippen LogP contribution in [0.3, 0.4) is 0 Å². The van der Waals surface area contributed by atoms with Crippen LogP contribution in [0.4, 0.5) is 5.82 Å². The lowest BCUT2D eigenvalue weighted by molar-refractivity contribution is 0.0930. The molecule has 0 fully saturated rings. The standard InChI is InChI=1S/C12H14N4O3/c1-7(8-5-3-4-6-9(8)18-2)14-12(17)10-11(13)16-19-15-10/h3-7H,1-2H3,(H2,13,16)(H,14,17)/t7-/m0/s1.